The van der Waals surface area contributed by atoms with Crippen LogP contribution in [0.5, 0.6) is 0 Å². The van der Waals surface area contributed by atoms with Crippen molar-refractivity contribution in [3.63, 3.8) is 0 Å². The molecule has 3 heterocycles. The summed E-state index contributed by atoms with van der Waals surface area (Å²) >= 11 is 0. The zero-order chi connectivity index (χ0) is 18.3. The lowest BCUT2D eigenvalue weighted by Crippen LogP contribution is -2.48. The summed E-state index contributed by atoms with van der Waals surface area (Å²) in [4.78, 5) is 17.4. The van der Waals surface area contributed by atoms with Crippen molar-refractivity contribution < 1.29 is 9.32 Å². The van der Waals surface area contributed by atoms with Crippen molar-refractivity contribution in [3.8, 4) is 11.5 Å². The third-order valence-corrected chi connectivity index (χ3v) is 5.31. The lowest BCUT2D eigenvalue weighted by atomic mass is 9.96. The average molecular weight is 354 g/mol. The highest BCUT2D eigenvalue weighted by molar-refractivity contribution is 6.00. The molecule has 0 radical (unpaired) electrons. The Labute approximate surface area is 153 Å². The van der Waals surface area contributed by atoms with E-state index in [9.17, 15) is 4.79 Å². The number of carbonyl (C=O) groups excluding carboxylic acids is 1. The van der Waals surface area contributed by atoms with Crippen LogP contribution in [-0.4, -0.2) is 34.2 Å². The molecule has 6 heteroatoms. The van der Waals surface area contributed by atoms with Gasteiger partial charge in [-0.1, -0.05) is 38.1 Å². The average Bonchev–Trinajstić information content (AvgIpc) is 3.21. The molecule has 2 saturated heterocycles. The van der Waals surface area contributed by atoms with Crippen molar-refractivity contribution in [1.82, 2.24) is 20.8 Å². The number of nitrogens with one attached hydrogen (secondary N) is 2. The Morgan fingerprint density at radius 2 is 1.88 bits per heavy atom. The molecule has 1 amide bonds. The molecule has 2 bridgehead atoms. The van der Waals surface area contributed by atoms with Gasteiger partial charge in [0.1, 0.15) is 0 Å². The van der Waals surface area contributed by atoms with Crippen LogP contribution < -0.4 is 10.6 Å². The molecule has 1 aromatic carbocycles. The van der Waals surface area contributed by atoms with E-state index in [1.165, 1.54) is 12.8 Å². The number of amides is 1. The lowest BCUT2D eigenvalue weighted by Gasteiger charge is -2.29. The summed E-state index contributed by atoms with van der Waals surface area (Å²) in [6.07, 6.45) is 4.43. The SMILES string of the molecule is CC(C)(C)c1noc(-c2ccccc2C(=O)NC2CC3CCC(C2)N3)n1. The number of rotatable bonds is 3. The topological polar surface area (TPSA) is 80.0 Å². The minimum atomic E-state index is -0.201. The predicted molar refractivity (Wildman–Crippen MR) is 98.9 cm³/mol. The highest BCUT2D eigenvalue weighted by Gasteiger charge is 2.34. The van der Waals surface area contributed by atoms with E-state index in [2.05, 4.69) is 20.8 Å². The van der Waals surface area contributed by atoms with Crippen LogP contribution in [0.3, 0.4) is 0 Å². The molecule has 2 fully saturated rings. The fourth-order valence-corrected chi connectivity index (χ4v) is 3.94. The zero-order valence-electron chi connectivity index (χ0n) is 15.6. The molecule has 2 N–H and O–H groups in total. The molecule has 138 valence electrons. The van der Waals surface area contributed by atoms with Gasteiger partial charge in [-0.2, -0.15) is 4.98 Å². The molecule has 2 aliphatic heterocycles. The van der Waals surface area contributed by atoms with E-state index in [1.807, 2.05) is 45.0 Å². The smallest absolute Gasteiger partial charge is 0.258 e. The van der Waals surface area contributed by atoms with E-state index in [0.717, 1.165) is 12.8 Å². The Morgan fingerprint density at radius 3 is 2.54 bits per heavy atom. The second kappa shape index (κ2) is 6.50. The van der Waals surface area contributed by atoms with Crippen molar-refractivity contribution in [1.29, 1.82) is 0 Å². The standard InChI is InChI=1S/C20H26N4O2/c1-20(2,3)19-23-18(26-24-19)16-7-5-4-6-15(16)17(25)22-14-10-12-8-9-13(11-14)21-12/h4-7,12-14,21H,8-11H2,1-3H3,(H,22,25). The number of hydrogen-bond acceptors (Lipinski definition) is 5. The highest BCUT2D eigenvalue weighted by atomic mass is 16.5. The first-order chi connectivity index (χ1) is 12.4. The summed E-state index contributed by atoms with van der Waals surface area (Å²) in [5.74, 6) is 0.964. The van der Waals surface area contributed by atoms with E-state index in [0.29, 0.717) is 34.9 Å². The van der Waals surface area contributed by atoms with Gasteiger partial charge in [-0.05, 0) is 37.8 Å². The molecule has 6 nitrogen and oxygen atoms in total. The normalized spacial score (nSPS) is 25.3. The molecule has 2 aliphatic rings. The van der Waals surface area contributed by atoms with Crippen LogP contribution >= 0.6 is 0 Å². The molecule has 2 atom stereocenters. The molecular formula is C20H26N4O2. The van der Waals surface area contributed by atoms with Gasteiger partial charge in [0.2, 0.25) is 0 Å². The van der Waals surface area contributed by atoms with E-state index in [1.54, 1.807) is 0 Å². The molecule has 1 aromatic heterocycles. The van der Waals surface area contributed by atoms with Crippen molar-refractivity contribution in [2.45, 2.75) is 70.0 Å². The second-order valence-electron chi connectivity index (χ2n) is 8.50. The Hall–Kier alpha value is -2.21. The number of nitrogens with zero attached hydrogens (tertiary/aromatic N) is 2. The molecule has 2 unspecified atom stereocenters. The summed E-state index contributed by atoms with van der Waals surface area (Å²) in [6, 6.07) is 8.74. The maximum absolute atomic E-state index is 12.9. The van der Waals surface area contributed by atoms with Gasteiger partial charge in [0.05, 0.1) is 11.1 Å². The highest BCUT2D eigenvalue weighted by Crippen LogP contribution is 2.29. The van der Waals surface area contributed by atoms with Crippen LogP contribution in [0.2, 0.25) is 0 Å². The molecule has 0 spiro atoms. The lowest BCUT2D eigenvalue weighted by molar-refractivity contribution is 0.0924. The number of hydrogen-bond donors (Lipinski definition) is 2. The number of carbonyl (C=O) groups is 1. The van der Waals surface area contributed by atoms with Crippen molar-refractivity contribution >= 4 is 5.91 Å². The van der Waals surface area contributed by atoms with Crippen LogP contribution in [0.25, 0.3) is 11.5 Å². The number of fused-ring (bicyclic) bond motifs is 2. The molecular weight excluding hydrogens is 328 g/mol. The maximum atomic E-state index is 12.9. The molecule has 0 aliphatic carbocycles. The first-order valence-electron chi connectivity index (χ1n) is 9.40. The summed E-state index contributed by atoms with van der Waals surface area (Å²) in [6.45, 7) is 6.10. The van der Waals surface area contributed by atoms with Gasteiger partial charge in [0.25, 0.3) is 11.8 Å². The fourth-order valence-electron chi connectivity index (χ4n) is 3.94. The maximum Gasteiger partial charge on any atom is 0.258 e. The van der Waals surface area contributed by atoms with Crippen molar-refractivity contribution in [2.24, 2.45) is 0 Å². The van der Waals surface area contributed by atoms with Gasteiger partial charge in [-0.3, -0.25) is 4.79 Å². The predicted octanol–water partition coefficient (Wildman–Crippen LogP) is 3.05. The second-order valence-corrected chi connectivity index (χ2v) is 8.50. The monoisotopic (exact) mass is 354 g/mol. The van der Waals surface area contributed by atoms with Gasteiger partial charge in [0, 0.05) is 23.5 Å². The first kappa shape index (κ1) is 17.2. The third-order valence-electron chi connectivity index (χ3n) is 5.31. The van der Waals surface area contributed by atoms with E-state index >= 15 is 0 Å². The summed E-state index contributed by atoms with van der Waals surface area (Å²) in [5.41, 5.74) is 1.07. The van der Waals surface area contributed by atoms with Crippen LogP contribution in [-0.2, 0) is 5.41 Å². The van der Waals surface area contributed by atoms with Crippen LogP contribution in [0.4, 0.5) is 0 Å². The van der Waals surface area contributed by atoms with Crippen molar-refractivity contribution in [2.75, 3.05) is 0 Å². The Kier molecular flexibility index (Phi) is 4.31. The number of benzene rings is 1. The van der Waals surface area contributed by atoms with Gasteiger partial charge in [0.15, 0.2) is 5.82 Å². The van der Waals surface area contributed by atoms with Crippen LogP contribution in [0, 0.1) is 0 Å². The van der Waals surface area contributed by atoms with E-state index < -0.39 is 0 Å². The fraction of sp³-hybridized carbons (Fsp3) is 0.550. The van der Waals surface area contributed by atoms with Gasteiger partial charge in [-0.25, -0.2) is 0 Å². The van der Waals surface area contributed by atoms with Crippen LogP contribution in [0.1, 0.15) is 62.6 Å². The van der Waals surface area contributed by atoms with E-state index in [-0.39, 0.29) is 17.4 Å². The first-order valence-corrected chi connectivity index (χ1v) is 9.40. The molecule has 26 heavy (non-hydrogen) atoms. The number of piperidine rings is 1. The molecule has 0 saturated carbocycles. The zero-order valence-corrected chi connectivity index (χ0v) is 15.6. The van der Waals surface area contributed by atoms with Gasteiger partial charge >= 0.3 is 0 Å². The van der Waals surface area contributed by atoms with Crippen molar-refractivity contribution in [3.05, 3.63) is 35.7 Å². The Balaban J connectivity index is 1.55. The largest absolute Gasteiger partial charge is 0.349 e. The Bertz CT molecular complexity index is 796. The minimum Gasteiger partial charge on any atom is -0.349 e. The molecule has 2 aromatic rings. The van der Waals surface area contributed by atoms with E-state index in [4.69, 9.17) is 4.52 Å². The van der Waals surface area contributed by atoms with Crippen LogP contribution in [0.15, 0.2) is 28.8 Å². The van der Waals surface area contributed by atoms with Gasteiger partial charge in [-0.15, -0.1) is 0 Å². The third kappa shape index (κ3) is 3.38. The quantitative estimate of drug-likeness (QED) is 0.885. The summed E-state index contributed by atoms with van der Waals surface area (Å²) in [5, 5.41) is 10.9. The molecule has 4 rings (SSSR count). The van der Waals surface area contributed by atoms with Gasteiger partial charge < -0.3 is 15.2 Å². The summed E-state index contributed by atoms with van der Waals surface area (Å²) in [7, 11) is 0. The Morgan fingerprint density at radius 1 is 1.19 bits per heavy atom. The number of aromatic nitrogens is 2. The minimum absolute atomic E-state index is 0.0672. The summed E-state index contributed by atoms with van der Waals surface area (Å²) < 4.78 is 5.45.